The van der Waals surface area contributed by atoms with Crippen LogP contribution in [0.25, 0.3) is 10.9 Å². The van der Waals surface area contributed by atoms with Crippen LogP contribution in [0.3, 0.4) is 0 Å². The standard InChI is InChI=1S/C24H37N5O4/c1-16(2)12-17(14-22(30)28-33)23(31)27-21(24(32)25-10-7-11-29(3)4)13-18-15-26-20-9-6-5-8-19(18)20/h5-6,8-9,15-17,21,26,33H,7,10-14H2,1-4H3,(H,25,32)(H,27,31)(H,28,30)/t17-,21+/m1/s1. The average Bonchev–Trinajstić information content (AvgIpc) is 3.17. The Bertz CT molecular complexity index is 924. The van der Waals surface area contributed by atoms with Crippen LogP contribution in [-0.4, -0.2) is 66.0 Å². The smallest absolute Gasteiger partial charge is 0.244 e. The monoisotopic (exact) mass is 459 g/mol. The molecule has 0 saturated heterocycles. The van der Waals surface area contributed by atoms with Gasteiger partial charge < -0.3 is 20.5 Å². The third-order valence-electron chi connectivity index (χ3n) is 5.50. The van der Waals surface area contributed by atoms with E-state index < -0.39 is 17.9 Å². The van der Waals surface area contributed by atoms with E-state index >= 15 is 0 Å². The number of carbonyl (C=O) groups excluding carboxylic acids is 3. The quantitative estimate of drug-likeness (QED) is 0.177. The molecule has 0 bridgehead atoms. The molecule has 2 atom stereocenters. The highest BCUT2D eigenvalue weighted by molar-refractivity contribution is 5.91. The van der Waals surface area contributed by atoms with Crippen LogP contribution in [-0.2, 0) is 20.8 Å². The van der Waals surface area contributed by atoms with Gasteiger partial charge in [-0.15, -0.1) is 0 Å². The molecule has 182 valence electrons. The molecule has 0 saturated carbocycles. The fourth-order valence-electron chi connectivity index (χ4n) is 3.87. The number of rotatable bonds is 13. The highest BCUT2D eigenvalue weighted by atomic mass is 16.5. The Morgan fingerprint density at radius 3 is 2.52 bits per heavy atom. The Morgan fingerprint density at radius 1 is 1.12 bits per heavy atom. The minimum atomic E-state index is -0.789. The molecule has 9 nitrogen and oxygen atoms in total. The van der Waals surface area contributed by atoms with Crippen LogP contribution in [0.2, 0.25) is 0 Å². The maximum atomic E-state index is 13.1. The van der Waals surface area contributed by atoms with E-state index in [1.807, 2.05) is 63.3 Å². The number of H-pyrrole nitrogens is 1. The van der Waals surface area contributed by atoms with Crippen LogP contribution in [0.15, 0.2) is 30.5 Å². The molecule has 0 aliphatic heterocycles. The molecule has 5 N–H and O–H groups in total. The molecular weight excluding hydrogens is 422 g/mol. The maximum absolute atomic E-state index is 13.1. The van der Waals surface area contributed by atoms with Crippen molar-refractivity contribution in [3.63, 3.8) is 0 Å². The van der Waals surface area contributed by atoms with Gasteiger partial charge in [0, 0.05) is 42.4 Å². The molecule has 2 aromatic rings. The number of aromatic nitrogens is 1. The zero-order valence-electron chi connectivity index (χ0n) is 20.0. The van der Waals surface area contributed by atoms with Crippen LogP contribution < -0.4 is 16.1 Å². The van der Waals surface area contributed by atoms with Gasteiger partial charge in [0.05, 0.1) is 0 Å². The number of hydrogen-bond acceptors (Lipinski definition) is 5. The third kappa shape index (κ3) is 8.51. The molecule has 2 rings (SSSR count). The number of fused-ring (bicyclic) bond motifs is 1. The molecule has 0 fully saturated rings. The Kier molecular flexibility index (Phi) is 10.3. The number of benzene rings is 1. The first-order valence-corrected chi connectivity index (χ1v) is 11.4. The summed E-state index contributed by atoms with van der Waals surface area (Å²) in [6.07, 6.45) is 3.28. The lowest BCUT2D eigenvalue weighted by molar-refractivity contribution is -0.136. The zero-order valence-corrected chi connectivity index (χ0v) is 20.0. The van der Waals surface area contributed by atoms with Crippen LogP contribution in [0.4, 0.5) is 0 Å². The van der Waals surface area contributed by atoms with E-state index in [1.165, 1.54) is 0 Å². The van der Waals surface area contributed by atoms with E-state index in [-0.39, 0.29) is 24.2 Å². The van der Waals surface area contributed by atoms with Crippen LogP contribution in [0.5, 0.6) is 0 Å². The van der Waals surface area contributed by atoms with Crippen molar-refractivity contribution in [3.8, 4) is 0 Å². The minimum absolute atomic E-state index is 0.148. The van der Waals surface area contributed by atoms with Crippen molar-refractivity contribution in [2.24, 2.45) is 11.8 Å². The molecular formula is C24H37N5O4. The highest BCUT2D eigenvalue weighted by Gasteiger charge is 2.28. The number of aromatic amines is 1. The summed E-state index contributed by atoms with van der Waals surface area (Å²) < 4.78 is 0. The predicted octanol–water partition coefficient (Wildman–Crippen LogP) is 1.82. The molecule has 0 spiro atoms. The largest absolute Gasteiger partial charge is 0.361 e. The Labute approximate surface area is 195 Å². The average molecular weight is 460 g/mol. The SMILES string of the molecule is CC(C)C[C@H](CC(=O)NO)C(=O)N[C@@H](Cc1c[nH]c2ccccc12)C(=O)NCCCN(C)C. The van der Waals surface area contributed by atoms with E-state index in [0.29, 0.717) is 19.4 Å². The van der Waals surface area contributed by atoms with Gasteiger partial charge in [0.15, 0.2) is 0 Å². The number of amides is 3. The second kappa shape index (κ2) is 13.0. The van der Waals surface area contributed by atoms with E-state index in [9.17, 15) is 14.4 Å². The summed E-state index contributed by atoms with van der Waals surface area (Å²) in [5.41, 5.74) is 3.48. The fraction of sp³-hybridized carbons (Fsp3) is 0.542. The Morgan fingerprint density at radius 2 is 1.85 bits per heavy atom. The van der Waals surface area contributed by atoms with Crippen molar-refractivity contribution in [2.75, 3.05) is 27.2 Å². The van der Waals surface area contributed by atoms with E-state index in [2.05, 4.69) is 15.6 Å². The summed E-state index contributed by atoms with van der Waals surface area (Å²) in [6, 6.07) is 7.01. The van der Waals surface area contributed by atoms with Crippen LogP contribution in [0, 0.1) is 11.8 Å². The second-order valence-corrected chi connectivity index (χ2v) is 9.14. The number of nitrogens with one attached hydrogen (secondary N) is 4. The van der Waals surface area contributed by atoms with Gasteiger partial charge in [0.2, 0.25) is 17.7 Å². The van der Waals surface area contributed by atoms with Gasteiger partial charge in [0.25, 0.3) is 0 Å². The third-order valence-corrected chi connectivity index (χ3v) is 5.50. The molecule has 1 aromatic heterocycles. The maximum Gasteiger partial charge on any atom is 0.244 e. The van der Waals surface area contributed by atoms with Crippen molar-refractivity contribution >= 4 is 28.6 Å². The van der Waals surface area contributed by atoms with Gasteiger partial charge >= 0.3 is 0 Å². The Hall–Kier alpha value is -2.91. The molecule has 0 unspecified atom stereocenters. The lowest BCUT2D eigenvalue weighted by atomic mass is 9.92. The predicted molar refractivity (Wildman–Crippen MR) is 128 cm³/mol. The first-order valence-electron chi connectivity index (χ1n) is 11.4. The molecule has 0 aliphatic carbocycles. The van der Waals surface area contributed by atoms with Crippen molar-refractivity contribution in [1.29, 1.82) is 0 Å². The van der Waals surface area contributed by atoms with Crippen molar-refractivity contribution < 1.29 is 19.6 Å². The van der Waals surface area contributed by atoms with Crippen LogP contribution in [0.1, 0.15) is 38.7 Å². The number of hydroxylamine groups is 1. The van der Waals surface area contributed by atoms with E-state index in [1.54, 1.807) is 5.48 Å². The van der Waals surface area contributed by atoms with Gasteiger partial charge in [0.1, 0.15) is 6.04 Å². The topological polar surface area (TPSA) is 127 Å². The zero-order chi connectivity index (χ0) is 24.4. The lowest BCUT2D eigenvalue weighted by Crippen LogP contribution is -2.50. The summed E-state index contributed by atoms with van der Waals surface area (Å²) in [5.74, 6) is -1.75. The number of hydrogen-bond donors (Lipinski definition) is 5. The molecule has 1 aromatic carbocycles. The molecule has 33 heavy (non-hydrogen) atoms. The van der Waals surface area contributed by atoms with Crippen molar-refractivity contribution in [3.05, 3.63) is 36.0 Å². The van der Waals surface area contributed by atoms with Gasteiger partial charge in [-0.1, -0.05) is 32.0 Å². The Balaban J connectivity index is 2.18. The molecule has 3 amide bonds. The molecule has 0 radical (unpaired) electrons. The molecule has 1 heterocycles. The summed E-state index contributed by atoms with van der Waals surface area (Å²) in [5, 5.41) is 15.7. The van der Waals surface area contributed by atoms with Gasteiger partial charge in [-0.3, -0.25) is 19.6 Å². The molecule has 9 heteroatoms. The van der Waals surface area contributed by atoms with E-state index in [0.717, 1.165) is 29.4 Å². The van der Waals surface area contributed by atoms with E-state index in [4.69, 9.17) is 5.21 Å². The van der Waals surface area contributed by atoms with Crippen molar-refractivity contribution in [1.82, 2.24) is 26.0 Å². The summed E-state index contributed by atoms with van der Waals surface area (Å²) in [4.78, 5) is 43.1. The first kappa shape index (κ1) is 26.3. The highest BCUT2D eigenvalue weighted by Crippen LogP contribution is 2.20. The van der Waals surface area contributed by atoms with Crippen LogP contribution >= 0.6 is 0 Å². The summed E-state index contributed by atoms with van der Waals surface area (Å²) in [6.45, 7) is 5.25. The summed E-state index contributed by atoms with van der Waals surface area (Å²) >= 11 is 0. The first-order chi connectivity index (χ1) is 15.7. The summed E-state index contributed by atoms with van der Waals surface area (Å²) in [7, 11) is 3.94. The number of para-hydroxylation sites is 1. The lowest BCUT2D eigenvalue weighted by Gasteiger charge is -2.23. The normalized spacial score (nSPS) is 13.2. The van der Waals surface area contributed by atoms with Gasteiger partial charge in [-0.2, -0.15) is 0 Å². The minimum Gasteiger partial charge on any atom is -0.361 e. The fourth-order valence-corrected chi connectivity index (χ4v) is 3.87. The van der Waals surface area contributed by atoms with Crippen molar-refractivity contribution in [2.45, 2.75) is 45.6 Å². The number of carbonyl (C=O) groups is 3. The van der Waals surface area contributed by atoms with Gasteiger partial charge in [-0.05, 0) is 51.0 Å². The van der Waals surface area contributed by atoms with Gasteiger partial charge in [-0.25, -0.2) is 5.48 Å². The number of nitrogens with zero attached hydrogens (tertiary/aromatic N) is 1. The second-order valence-electron chi connectivity index (χ2n) is 9.14. The molecule has 0 aliphatic rings.